The molecule has 0 aliphatic carbocycles. The van der Waals surface area contributed by atoms with Crippen LogP contribution >= 0.6 is 0 Å². The molecule has 0 spiro atoms. The highest BCUT2D eigenvalue weighted by Crippen LogP contribution is 2.24. The van der Waals surface area contributed by atoms with E-state index in [1.54, 1.807) is 12.1 Å². The molecule has 23 heavy (non-hydrogen) atoms. The van der Waals surface area contributed by atoms with E-state index in [0.717, 1.165) is 16.8 Å². The van der Waals surface area contributed by atoms with Crippen molar-refractivity contribution in [3.63, 3.8) is 0 Å². The summed E-state index contributed by atoms with van der Waals surface area (Å²) < 4.78 is 36.9. The van der Waals surface area contributed by atoms with Gasteiger partial charge in [-0.05, 0) is 35.4 Å². The predicted octanol–water partition coefficient (Wildman–Crippen LogP) is 1.82. The zero-order valence-electron chi connectivity index (χ0n) is 12.5. The Hall–Kier alpha value is -1.96. The maximum Gasteiger partial charge on any atom is 0.277 e. The zero-order chi connectivity index (χ0) is 16.4. The van der Waals surface area contributed by atoms with Crippen LogP contribution in [0.2, 0.25) is 0 Å². The van der Waals surface area contributed by atoms with Gasteiger partial charge in [0.15, 0.2) is 0 Å². The maximum absolute atomic E-state index is 13.0. The molecule has 1 fully saturated rings. The van der Waals surface area contributed by atoms with E-state index in [2.05, 4.69) is 4.90 Å². The second-order valence-corrected chi connectivity index (χ2v) is 7.03. The first-order valence-electron chi connectivity index (χ1n) is 7.32. The molecule has 2 N–H and O–H groups in total. The third-order valence-corrected chi connectivity index (χ3v) is 5.09. The fraction of sp³-hybridized carbons (Fsp3) is 0.250. The van der Waals surface area contributed by atoms with E-state index in [9.17, 15) is 12.8 Å². The number of anilines is 1. The lowest BCUT2D eigenvalue weighted by Crippen LogP contribution is -2.50. The second-order valence-electron chi connectivity index (χ2n) is 5.48. The third-order valence-electron chi connectivity index (χ3n) is 4.01. The van der Waals surface area contributed by atoms with Crippen LogP contribution in [0.15, 0.2) is 48.5 Å². The Kier molecular flexibility index (Phi) is 4.34. The van der Waals surface area contributed by atoms with Gasteiger partial charge in [0.25, 0.3) is 10.2 Å². The SMILES string of the molecule is NS(=O)(=O)N1CCN(c2ccc(-c3ccc(F)cc3)cc2)CC1. The Morgan fingerprint density at radius 3 is 1.78 bits per heavy atom. The van der Waals surface area contributed by atoms with Gasteiger partial charge in [-0.25, -0.2) is 9.53 Å². The van der Waals surface area contributed by atoms with Gasteiger partial charge in [0.2, 0.25) is 0 Å². The normalized spacial score (nSPS) is 16.5. The average Bonchev–Trinajstić information content (AvgIpc) is 2.55. The van der Waals surface area contributed by atoms with Crippen molar-refractivity contribution in [1.29, 1.82) is 0 Å². The van der Waals surface area contributed by atoms with Crippen molar-refractivity contribution in [2.45, 2.75) is 0 Å². The van der Waals surface area contributed by atoms with Gasteiger partial charge in [-0.2, -0.15) is 12.7 Å². The zero-order valence-corrected chi connectivity index (χ0v) is 13.3. The summed E-state index contributed by atoms with van der Waals surface area (Å²) in [5, 5.41) is 5.14. The van der Waals surface area contributed by atoms with Crippen molar-refractivity contribution in [2.75, 3.05) is 31.1 Å². The molecule has 1 aliphatic rings. The molecule has 0 amide bonds. The third kappa shape index (κ3) is 3.69. The summed E-state index contributed by atoms with van der Waals surface area (Å²) in [6, 6.07) is 14.3. The summed E-state index contributed by atoms with van der Waals surface area (Å²) in [5.41, 5.74) is 3.00. The lowest BCUT2D eigenvalue weighted by atomic mass is 10.1. The standard InChI is InChI=1S/C16H18FN3O2S/c17-15-5-1-13(2-6-15)14-3-7-16(8-4-14)19-9-11-20(12-10-19)23(18,21)22/h1-8H,9-12H2,(H2,18,21,22). The van der Waals surface area contributed by atoms with E-state index in [4.69, 9.17) is 5.14 Å². The Bertz CT molecular complexity index is 768. The van der Waals surface area contributed by atoms with E-state index in [-0.39, 0.29) is 5.82 Å². The molecule has 0 radical (unpaired) electrons. The van der Waals surface area contributed by atoms with Gasteiger partial charge in [-0.1, -0.05) is 24.3 Å². The summed E-state index contributed by atoms with van der Waals surface area (Å²) in [4.78, 5) is 2.12. The van der Waals surface area contributed by atoms with Crippen molar-refractivity contribution < 1.29 is 12.8 Å². The Morgan fingerprint density at radius 2 is 1.30 bits per heavy atom. The molecule has 122 valence electrons. The number of piperazine rings is 1. The van der Waals surface area contributed by atoms with Crippen LogP contribution in [-0.4, -0.2) is 38.9 Å². The van der Waals surface area contributed by atoms with Crippen molar-refractivity contribution >= 4 is 15.9 Å². The number of hydrogen-bond donors (Lipinski definition) is 1. The molecule has 2 aromatic rings. The number of halogens is 1. The molecule has 0 bridgehead atoms. The van der Waals surface area contributed by atoms with Crippen LogP contribution in [0.1, 0.15) is 0 Å². The highest BCUT2D eigenvalue weighted by Gasteiger charge is 2.23. The summed E-state index contributed by atoms with van der Waals surface area (Å²) in [6.07, 6.45) is 0. The minimum absolute atomic E-state index is 0.252. The summed E-state index contributed by atoms with van der Waals surface area (Å²) in [5.74, 6) is -0.252. The number of nitrogens with two attached hydrogens (primary N) is 1. The Morgan fingerprint density at radius 1 is 0.826 bits per heavy atom. The number of benzene rings is 2. The lowest BCUT2D eigenvalue weighted by molar-refractivity contribution is 0.385. The summed E-state index contributed by atoms with van der Waals surface area (Å²) in [6.45, 7) is 1.98. The fourth-order valence-electron chi connectivity index (χ4n) is 2.71. The molecule has 1 heterocycles. The molecule has 7 heteroatoms. The largest absolute Gasteiger partial charge is 0.369 e. The molecule has 3 rings (SSSR count). The van der Waals surface area contributed by atoms with Gasteiger partial charge in [0.05, 0.1) is 0 Å². The first-order valence-corrected chi connectivity index (χ1v) is 8.83. The average molecular weight is 335 g/mol. The van der Waals surface area contributed by atoms with Gasteiger partial charge in [-0.3, -0.25) is 0 Å². The van der Waals surface area contributed by atoms with Crippen LogP contribution in [0.4, 0.5) is 10.1 Å². The lowest BCUT2D eigenvalue weighted by Gasteiger charge is -2.34. The quantitative estimate of drug-likeness (QED) is 0.930. The molecule has 0 aromatic heterocycles. The van der Waals surface area contributed by atoms with Gasteiger partial charge >= 0.3 is 0 Å². The van der Waals surface area contributed by atoms with E-state index in [1.807, 2.05) is 24.3 Å². The number of nitrogens with zero attached hydrogens (tertiary/aromatic N) is 2. The van der Waals surface area contributed by atoms with Crippen molar-refractivity contribution in [3.05, 3.63) is 54.3 Å². The smallest absolute Gasteiger partial charge is 0.277 e. The predicted molar refractivity (Wildman–Crippen MR) is 88.7 cm³/mol. The van der Waals surface area contributed by atoms with Crippen molar-refractivity contribution in [3.8, 4) is 11.1 Å². The van der Waals surface area contributed by atoms with Crippen LogP contribution in [0, 0.1) is 5.82 Å². The first-order chi connectivity index (χ1) is 10.9. The second kappa shape index (κ2) is 6.27. The fourth-order valence-corrected chi connectivity index (χ4v) is 3.38. The van der Waals surface area contributed by atoms with Crippen molar-refractivity contribution in [1.82, 2.24) is 4.31 Å². The van der Waals surface area contributed by atoms with Gasteiger partial charge in [0, 0.05) is 31.9 Å². The minimum Gasteiger partial charge on any atom is -0.369 e. The topological polar surface area (TPSA) is 66.6 Å². The minimum atomic E-state index is -3.60. The number of rotatable bonds is 3. The van der Waals surface area contributed by atoms with E-state index >= 15 is 0 Å². The van der Waals surface area contributed by atoms with E-state index in [0.29, 0.717) is 26.2 Å². The number of hydrogen-bond acceptors (Lipinski definition) is 3. The van der Waals surface area contributed by atoms with Crippen LogP contribution in [0.5, 0.6) is 0 Å². The highest BCUT2D eigenvalue weighted by atomic mass is 32.2. The van der Waals surface area contributed by atoms with Gasteiger partial charge in [-0.15, -0.1) is 0 Å². The molecule has 0 atom stereocenters. The molecule has 1 aliphatic heterocycles. The van der Waals surface area contributed by atoms with Crippen molar-refractivity contribution in [2.24, 2.45) is 5.14 Å². The summed E-state index contributed by atoms with van der Waals surface area (Å²) >= 11 is 0. The van der Waals surface area contributed by atoms with Crippen LogP contribution in [0.3, 0.4) is 0 Å². The van der Waals surface area contributed by atoms with E-state index in [1.165, 1.54) is 16.4 Å². The van der Waals surface area contributed by atoms with Crippen LogP contribution in [0.25, 0.3) is 11.1 Å². The monoisotopic (exact) mass is 335 g/mol. The van der Waals surface area contributed by atoms with Crippen LogP contribution < -0.4 is 10.0 Å². The Labute approximate surface area is 135 Å². The molecule has 0 saturated carbocycles. The molecule has 2 aromatic carbocycles. The molecule has 5 nitrogen and oxygen atoms in total. The Balaban J connectivity index is 1.70. The molecular weight excluding hydrogens is 317 g/mol. The first kappa shape index (κ1) is 15.9. The molecular formula is C16H18FN3O2S. The highest BCUT2D eigenvalue weighted by molar-refractivity contribution is 7.86. The molecule has 0 unspecified atom stereocenters. The van der Waals surface area contributed by atoms with Gasteiger partial charge in [0.1, 0.15) is 5.82 Å². The van der Waals surface area contributed by atoms with Crippen LogP contribution in [-0.2, 0) is 10.2 Å². The maximum atomic E-state index is 13.0. The molecule has 1 saturated heterocycles. The van der Waals surface area contributed by atoms with E-state index < -0.39 is 10.2 Å². The van der Waals surface area contributed by atoms with Gasteiger partial charge < -0.3 is 4.90 Å². The summed E-state index contributed by atoms with van der Waals surface area (Å²) in [7, 11) is -3.60.